The maximum Gasteiger partial charge on any atom is 0.0654 e. The quantitative estimate of drug-likeness (QED) is 0.640. The van der Waals surface area contributed by atoms with E-state index in [1.54, 1.807) is 30.9 Å². The summed E-state index contributed by atoms with van der Waals surface area (Å²) in [7, 11) is 0. The highest BCUT2D eigenvalue weighted by molar-refractivity contribution is 5.70. The van der Waals surface area contributed by atoms with Gasteiger partial charge in [0.15, 0.2) is 0 Å². The van der Waals surface area contributed by atoms with Crippen molar-refractivity contribution in [2.75, 3.05) is 0 Å². The van der Waals surface area contributed by atoms with Crippen molar-refractivity contribution in [3.05, 3.63) is 42.4 Å². The number of nitrogens with zero attached hydrogens (tertiary/aromatic N) is 3. The maximum absolute atomic E-state index is 4.14. The van der Waals surface area contributed by atoms with Crippen LogP contribution in [0.4, 0.5) is 0 Å². The third kappa shape index (κ3) is 3.96. The number of hydrogen-bond acceptors (Lipinski definition) is 3. The van der Waals surface area contributed by atoms with E-state index in [-0.39, 0.29) is 0 Å². The molecule has 0 bridgehead atoms. The van der Waals surface area contributed by atoms with Crippen molar-refractivity contribution < 1.29 is 0 Å². The molecule has 0 atom stereocenters. The Kier molecular flexibility index (Phi) is 4.18. The van der Waals surface area contributed by atoms with E-state index in [2.05, 4.69) is 21.7 Å². The van der Waals surface area contributed by atoms with Gasteiger partial charge >= 0.3 is 0 Å². The summed E-state index contributed by atoms with van der Waals surface area (Å²) in [4.78, 5) is 11.7. The lowest BCUT2D eigenvalue weighted by Gasteiger charge is -1.91. The summed E-state index contributed by atoms with van der Waals surface area (Å²) in [6.45, 7) is 3.96. The molecule has 1 rings (SSSR count). The van der Waals surface area contributed by atoms with Crippen LogP contribution >= 0.6 is 0 Å². The van der Waals surface area contributed by atoms with Gasteiger partial charge in [0.25, 0.3) is 0 Å². The highest BCUT2D eigenvalue weighted by Gasteiger charge is 1.85. The zero-order chi connectivity index (χ0) is 9.36. The number of aliphatic imine (C=N–C) groups is 2. The van der Waals surface area contributed by atoms with Crippen LogP contribution in [0.25, 0.3) is 0 Å². The molecule has 3 nitrogen and oxygen atoms in total. The van der Waals surface area contributed by atoms with Gasteiger partial charge in [0, 0.05) is 24.8 Å². The zero-order valence-corrected chi connectivity index (χ0v) is 7.30. The minimum Gasteiger partial charge on any atom is -0.288 e. The first kappa shape index (κ1) is 9.32. The molecule has 1 aromatic heterocycles. The Hall–Kier alpha value is -1.77. The van der Waals surface area contributed by atoms with Gasteiger partial charge in [0.1, 0.15) is 0 Å². The number of rotatable bonds is 4. The molecule has 0 spiro atoms. The van der Waals surface area contributed by atoms with Crippen LogP contribution in [0.5, 0.6) is 0 Å². The Morgan fingerprint density at radius 1 is 1.54 bits per heavy atom. The van der Waals surface area contributed by atoms with Crippen LogP contribution in [0.1, 0.15) is 5.56 Å². The van der Waals surface area contributed by atoms with Crippen LogP contribution < -0.4 is 0 Å². The van der Waals surface area contributed by atoms with Gasteiger partial charge in [-0.3, -0.25) is 15.0 Å². The van der Waals surface area contributed by atoms with E-state index in [4.69, 9.17) is 0 Å². The van der Waals surface area contributed by atoms with Gasteiger partial charge < -0.3 is 0 Å². The highest BCUT2D eigenvalue weighted by atomic mass is 14.7. The molecule has 1 heterocycles. The summed E-state index contributed by atoms with van der Waals surface area (Å²) >= 11 is 0. The van der Waals surface area contributed by atoms with Crippen LogP contribution in [-0.2, 0) is 6.54 Å². The van der Waals surface area contributed by atoms with Crippen molar-refractivity contribution in [3.63, 3.8) is 0 Å². The second-order valence-electron chi connectivity index (χ2n) is 2.38. The Morgan fingerprint density at radius 3 is 3.15 bits per heavy atom. The largest absolute Gasteiger partial charge is 0.288 e. The van der Waals surface area contributed by atoms with E-state index < -0.39 is 0 Å². The highest BCUT2D eigenvalue weighted by Crippen LogP contribution is 1.96. The minimum atomic E-state index is 0.648. The average Bonchev–Trinajstić information content (AvgIpc) is 2.19. The number of pyridine rings is 1. The molecule has 0 radical (unpaired) electrons. The first-order chi connectivity index (χ1) is 6.43. The van der Waals surface area contributed by atoms with E-state index in [0.29, 0.717) is 6.54 Å². The summed E-state index contributed by atoms with van der Waals surface area (Å²) in [5.74, 6) is 0. The van der Waals surface area contributed by atoms with Crippen LogP contribution in [-0.4, -0.2) is 17.9 Å². The van der Waals surface area contributed by atoms with Crippen molar-refractivity contribution in [1.82, 2.24) is 4.98 Å². The predicted molar refractivity (Wildman–Crippen MR) is 55.1 cm³/mol. The Bertz CT molecular complexity index is 301. The molecule has 0 aliphatic rings. The molecule has 1 aromatic rings. The first-order valence-corrected chi connectivity index (χ1v) is 3.93. The van der Waals surface area contributed by atoms with E-state index in [9.17, 15) is 0 Å². The van der Waals surface area contributed by atoms with Gasteiger partial charge in [-0.25, -0.2) is 0 Å². The van der Waals surface area contributed by atoms with Crippen LogP contribution in [0.15, 0.2) is 46.8 Å². The van der Waals surface area contributed by atoms with Gasteiger partial charge in [-0.1, -0.05) is 6.07 Å². The molecular weight excluding hydrogens is 162 g/mol. The van der Waals surface area contributed by atoms with Gasteiger partial charge in [0.2, 0.25) is 0 Å². The minimum absolute atomic E-state index is 0.648. The van der Waals surface area contributed by atoms with Crippen LogP contribution in [0, 0.1) is 0 Å². The molecule has 0 saturated carbocycles. The zero-order valence-electron chi connectivity index (χ0n) is 7.30. The summed E-state index contributed by atoms with van der Waals surface area (Å²) < 4.78 is 0. The van der Waals surface area contributed by atoms with Gasteiger partial charge in [-0.05, 0) is 24.4 Å². The van der Waals surface area contributed by atoms with Gasteiger partial charge in [-0.15, -0.1) is 0 Å². The van der Waals surface area contributed by atoms with Crippen molar-refractivity contribution >= 4 is 12.9 Å². The second-order valence-corrected chi connectivity index (χ2v) is 2.38. The normalized spacial score (nSPS) is 11.1. The lowest BCUT2D eigenvalue weighted by atomic mass is 10.3. The lowest BCUT2D eigenvalue weighted by Crippen LogP contribution is -1.81. The summed E-state index contributed by atoms with van der Waals surface area (Å²) in [6.07, 6.45) is 8.57. The standard InChI is InChI=1S/C10H11N3/c1-11-5-3-7-13-9-10-4-2-6-12-8-10/h2-8H,1,9H2/b5-3-,13-7?. The number of hydrogen-bond donors (Lipinski definition) is 0. The van der Waals surface area contributed by atoms with Crippen molar-refractivity contribution in [2.24, 2.45) is 9.98 Å². The fraction of sp³-hybridized carbons (Fsp3) is 0.100. The number of allylic oxidation sites excluding steroid dienone is 1. The molecule has 0 aliphatic carbocycles. The van der Waals surface area contributed by atoms with E-state index in [0.717, 1.165) is 5.56 Å². The molecule has 0 aromatic carbocycles. The summed E-state index contributed by atoms with van der Waals surface area (Å²) in [5.41, 5.74) is 1.10. The molecule has 13 heavy (non-hydrogen) atoms. The first-order valence-electron chi connectivity index (χ1n) is 3.93. The molecule has 0 unspecified atom stereocenters. The third-order valence-electron chi connectivity index (χ3n) is 1.38. The molecule has 0 N–H and O–H groups in total. The van der Waals surface area contributed by atoms with Crippen LogP contribution in [0.2, 0.25) is 0 Å². The molecule has 3 heteroatoms. The fourth-order valence-corrected chi connectivity index (χ4v) is 0.810. The molecule has 0 amide bonds. The van der Waals surface area contributed by atoms with Crippen LogP contribution in [0.3, 0.4) is 0 Å². The monoisotopic (exact) mass is 173 g/mol. The SMILES string of the molecule is C=N/C=C\C=NCc1cccnc1. The average molecular weight is 173 g/mol. The van der Waals surface area contributed by atoms with Crippen molar-refractivity contribution in [1.29, 1.82) is 0 Å². The Morgan fingerprint density at radius 2 is 2.46 bits per heavy atom. The third-order valence-corrected chi connectivity index (χ3v) is 1.38. The maximum atomic E-state index is 4.14. The molecule has 66 valence electrons. The lowest BCUT2D eigenvalue weighted by molar-refractivity contribution is 1.05. The topological polar surface area (TPSA) is 37.6 Å². The van der Waals surface area contributed by atoms with E-state index >= 15 is 0 Å². The molecular formula is C10H11N3. The van der Waals surface area contributed by atoms with Gasteiger partial charge in [0.05, 0.1) is 6.54 Å². The fourth-order valence-electron chi connectivity index (χ4n) is 0.810. The van der Waals surface area contributed by atoms with E-state index in [1.807, 2.05) is 12.1 Å². The Labute approximate surface area is 77.6 Å². The van der Waals surface area contributed by atoms with Crippen molar-refractivity contribution in [2.45, 2.75) is 6.54 Å². The molecule has 0 aliphatic heterocycles. The molecule has 0 saturated heterocycles. The van der Waals surface area contributed by atoms with Crippen molar-refractivity contribution in [3.8, 4) is 0 Å². The van der Waals surface area contributed by atoms with E-state index in [1.165, 1.54) is 0 Å². The summed E-state index contributed by atoms with van der Waals surface area (Å²) in [6, 6.07) is 3.88. The number of aromatic nitrogens is 1. The second kappa shape index (κ2) is 5.83. The predicted octanol–water partition coefficient (Wildman–Crippen LogP) is 1.87. The summed E-state index contributed by atoms with van der Waals surface area (Å²) in [5, 5.41) is 0. The Balaban J connectivity index is 2.39. The van der Waals surface area contributed by atoms with Gasteiger partial charge in [-0.2, -0.15) is 0 Å². The molecule has 0 fully saturated rings. The smallest absolute Gasteiger partial charge is 0.0654 e.